The molecule has 0 radical (unpaired) electrons. The second kappa shape index (κ2) is 7.82. The van der Waals surface area contributed by atoms with Crippen LogP contribution in [0.1, 0.15) is 10.4 Å². The Hall–Kier alpha value is -1.94. The molecule has 0 atom stereocenters. The van der Waals surface area contributed by atoms with Crippen molar-refractivity contribution in [1.29, 1.82) is 0 Å². The van der Waals surface area contributed by atoms with Gasteiger partial charge in [-0.3, -0.25) is 4.79 Å². The standard InChI is InChI=1S/C19H19N3O3S3/c1-26-19-20-16-8-7-15(13-17(16)27-19)28(24,25)22-11-9-21(10-12-22)18(23)14-5-3-2-4-6-14/h2-8,13H,9-12H2,1H3. The van der Waals surface area contributed by atoms with Gasteiger partial charge in [-0.2, -0.15) is 4.31 Å². The smallest absolute Gasteiger partial charge is 0.253 e. The molecule has 0 aliphatic carbocycles. The maximum absolute atomic E-state index is 13.1. The second-order valence-electron chi connectivity index (χ2n) is 6.38. The van der Waals surface area contributed by atoms with Crippen molar-refractivity contribution in [3.8, 4) is 0 Å². The van der Waals surface area contributed by atoms with Gasteiger partial charge in [0.2, 0.25) is 10.0 Å². The van der Waals surface area contributed by atoms with Gasteiger partial charge in [0.1, 0.15) is 0 Å². The Labute approximate surface area is 172 Å². The van der Waals surface area contributed by atoms with Gasteiger partial charge in [0.15, 0.2) is 4.34 Å². The molecule has 9 heteroatoms. The Morgan fingerprint density at radius 3 is 2.46 bits per heavy atom. The number of thioether (sulfide) groups is 1. The number of hydrogen-bond donors (Lipinski definition) is 0. The summed E-state index contributed by atoms with van der Waals surface area (Å²) < 4.78 is 29.3. The lowest BCUT2D eigenvalue weighted by molar-refractivity contribution is 0.0698. The Bertz CT molecular complexity index is 1110. The minimum absolute atomic E-state index is 0.0617. The molecule has 1 amide bonds. The van der Waals surface area contributed by atoms with E-state index in [2.05, 4.69) is 4.98 Å². The third-order valence-electron chi connectivity index (χ3n) is 4.70. The molecule has 1 aromatic heterocycles. The Morgan fingerprint density at radius 2 is 1.79 bits per heavy atom. The van der Waals surface area contributed by atoms with Crippen molar-refractivity contribution in [1.82, 2.24) is 14.2 Å². The van der Waals surface area contributed by atoms with E-state index in [0.717, 1.165) is 14.6 Å². The predicted octanol–water partition coefficient (Wildman–Crippen LogP) is 3.16. The highest BCUT2D eigenvalue weighted by Crippen LogP contribution is 2.30. The minimum Gasteiger partial charge on any atom is -0.336 e. The van der Waals surface area contributed by atoms with E-state index in [0.29, 0.717) is 18.7 Å². The van der Waals surface area contributed by atoms with Gasteiger partial charge in [-0.25, -0.2) is 13.4 Å². The molecule has 6 nitrogen and oxygen atoms in total. The van der Waals surface area contributed by atoms with Crippen LogP contribution in [0, 0.1) is 0 Å². The van der Waals surface area contributed by atoms with Crippen LogP contribution < -0.4 is 0 Å². The molecule has 146 valence electrons. The van der Waals surface area contributed by atoms with Crippen molar-refractivity contribution in [2.24, 2.45) is 0 Å². The van der Waals surface area contributed by atoms with Crippen LogP contribution in [0.4, 0.5) is 0 Å². The zero-order valence-corrected chi connectivity index (χ0v) is 17.7. The van der Waals surface area contributed by atoms with Crippen molar-refractivity contribution < 1.29 is 13.2 Å². The number of carbonyl (C=O) groups excluding carboxylic acids is 1. The lowest BCUT2D eigenvalue weighted by atomic mass is 10.2. The first kappa shape index (κ1) is 19.4. The molecule has 3 aromatic rings. The van der Waals surface area contributed by atoms with Crippen molar-refractivity contribution in [2.45, 2.75) is 9.24 Å². The van der Waals surface area contributed by atoms with E-state index in [9.17, 15) is 13.2 Å². The van der Waals surface area contributed by atoms with Crippen LogP contribution in [0.2, 0.25) is 0 Å². The molecule has 1 aliphatic heterocycles. The molecular formula is C19H19N3O3S3. The molecule has 1 fully saturated rings. The zero-order valence-electron chi connectivity index (χ0n) is 15.2. The largest absolute Gasteiger partial charge is 0.336 e. The monoisotopic (exact) mass is 433 g/mol. The first-order valence-corrected chi connectivity index (χ1v) is 12.3. The van der Waals surface area contributed by atoms with E-state index in [1.165, 1.54) is 15.6 Å². The van der Waals surface area contributed by atoms with Crippen LogP contribution in [0.5, 0.6) is 0 Å². The van der Waals surface area contributed by atoms with Gasteiger partial charge < -0.3 is 4.90 Å². The number of aromatic nitrogens is 1. The van der Waals surface area contributed by atoms with Gasteiger partial charge in [0.25, 0.3) is 5.91 Å². The molecule has 4 rings (SSSR count). The second-order valence-corrected chi connectivity index (χ2v) is 10.4. The maximum atomic E-state index is 13.1. The van der Waals surface area contributed by atoms with Crippen molar-refractivity contribution in [2.75, 3.05) is 32.4 Å². The lowest BCUT2D eigenvalue weighted by Gasteiger charge is -2.34. The number of hydrogen-bond acceptors (Lipinski definition) is 6. The number of fused-ring (bicyclic) bond motifs is 1. The molecule has 2 aromatic carbocycles. The van der Waals surface area contributed by atoms with E-state index >= 15 is 0 Å². The lowest BCUT2D eigenvalue weighted by Crippen LogP contribution is -2.50. The first-order chi connectivity index (χ1) is 13.5. The van der Waals surface area contributed by atoms with Crippen molar-refractivity contribution in [3.63, 3.8) is 0 Å². The number of amides is 1. The molecule has 2 heterocycles. The molecule has 28 heavy (non-hydrogen) atoms. The SMILES string of the molecule is CSc1nc2ccc(S(=O)(=O)N3CCN(C(=O)c4ccccc4)CC3)cc2s1. The summed E-state index contributed by atoms with van der Waals surface area (Å²) >= 11 is 3.04. The van der Waals surface area contributed by atoms with Gasteiger partial charge in [-0.15, -0.1) is 11.3 Å². The number of piperazine rings is 1. The highest BCUT2D eigenvalue weighted by Gasteiger charge is 2.30. The molecule has 1 saturated heterocycles. The molecule has 0 bridgehead atoms. The Kier molecular flexibility index (Phi) is 5.42. The van der Waals surface area contributed by atoms with Gasteiger partial charge in [0, 0.05) is 31.7 Å². The van der Waals surface area contributed by atoms with Crippen LogP contribution in [-0.4, -0.2) is 60.9 Å². The van der Waals surface area contributed by atoms with Gasteiger partial charge >= 0.3 is 0 Å². The Morgan fingerprint density at radius 1 is 1.07 bits per heavy atom. The number of sulfonamides is 1. The van der Waals surface area contributed by atoms with Gasteiger partial charge in [-0.1, -0.05) is 30.0 Å². The summed E-state index contributed by atoms with van der Waals surface area (Å²) in [5.74, 6) is -0.0617. The van der Waals surface area contributed by atoms with E-state index in [1.807, 2.05) is 24.5 Å². The van der Waals surface area contributed by atoms with Crippen LogP contribution >= 0.6 is 23.1 Å². The fourth-order valence-electron chi connectivity index (χ4n) is 3.18. The summed E-state index contributed by atoms with van der Waals surface area (Å²) in [6, 6.07) is 14.1. The van der Waals surface area contributed by atoms with E-state index in [-0.39, 0.29) is 23.9 Å². The molecule has 0 saturated carbocycles. The highest BCUT2D eigenvalue weighted by atomic mass is 32.2. The molecule has 1 aliphatic rings. The minimum atomic E-state index is -3.60. The zero-order chi connectivity index (χ0) is 19.7. The predicted molar refractivity (Wildman–Crippen MR) is 113 cm³/mol. The fraction of sp³-hybridized carbons (Fsp3) is 0.263. The summed E-state index contributed by atoms with van der Waals surface area (Å²) in [5, 5.41) is 0. The number of carbonyl (C=O) groups is 1. The summed E-state index contributed by atoms with van der Waals surface area (Å²) in [5.41, 5.74) is 1.44. The van der Waals surface area contributed by atoms with E-state index < -0.39 is 10.0 Å². The van der Waals surface area contributed by atoms with Crippen molar-refractivity contribution >= 4 is 49.2 Å². The van der Waals surface area contributed by atoms with E-state index in [4.69, 9.17) is 0 Å². The summed E-state index contributed by atoms with van der Waals surface area (Å²) in [4.78, 5) is 19.0. The number of thiazole rings is 1. The molecule has 0 unspecified atom stereocenters. The highest BCUT2D eigenvalue weighted by molar-refractivity contribution is 8.00. The quantitative estimate of drug-likeness (QED) is 0.591. The third-order valence-corrected chi connectivity index (χ3v) is 8.60. The summed E-state index contributed by atoms with van der Waals surface area (Å²) in [6.45, 7) is 1.34. The molecular weight excluding hydrogens is 414 g/mol. The summed E-state index contributed by atoms with van der Waals surface area (Å²) in [6.07, 6.45) is 1.95. The van der Waals surface area contributed by atoms with Crippen LogP contribution in [-0.2, 0) is 10.0 Å². The van der Waals surface area contributed by atoms with Gasteiger partial charge in [0.05, 0.1) is 15.1 Å². The number of benzene rings is 2. The third kappa shape index (κ3) is 3.67. The fourth-order valence-corrected chi connectivity index (χ4v) is 6.23. The normalized spacial score (nSPS) is 15.8. The maximum Gasteiger partial charge on any atom is 0.253 e. The van der Waals surface area contributed by atoms with E-state index in [1.54, 1.807) is 47.0 Å². The van der Waals surface area contributed by atoms with Gasteiger partial charge in [-0.05, 0) is 36.6 Å². The molecule has 0 spiro atoms. The topological polar surface area (TPSA) is 70.6 Å². The molecule has 0 N–H and O–H groups in total. The average Bonchev–Trinajstić information content (AvgIpc) is 3.16. The summed E-state index contributed by atoms with van der Waals surface area (Å²) in [7, 11) is -3.60. The average molecular weight is 434 g/mol. The van der Waals surface area contributed by atoms with Crippen LogP contribution in [0.3, 0.4) is 0 Å². The van der Waals surface area contributed by atoms with Crippen molar-refractivity contribution in [3.05, 3.63) is 54.1 Å². The first-order valence-electron chi connectivity index (χ1n) is 8.78. The Balaban J connectivity index is 1.50. The number of nitrogens with zero attached hydrogens (tertiary/aromatic N) is 3. The van der Waals surface area contributed by atoms with Crippen LogP contribution in [0.25, 0.3) is 10.2 Å². The number of rotatable bonds is 4. The van der Waals surface area contributed by atoms with Crippen LogP contribution in [0.15, 0.2) is 57.8 Å².